The number of aryl methyl sites for hydroxylation is 1. The maximum Gasteiger partial charge on any atom is 0.261 e. The maximum atomic E-state index is 12.9. The summed E-state index contributed by atoms with van der Waals surface area (Å²) in [5.41, 5.74) is 1.18. The zero-order valence-electron chi connectivity index (χ0n) is 17.5. The molecule has 3 heterocycles. The molecule has 2 aliphatic heterocycles. The Bertz CT molecular complexity index is 1060. The molecule has 1 saturated carbocycles. The number of hydrogen-bond acceptors (Lipinski definition) is 4. The van der Waals surface area contributed by atoms with Gasteiger partial charge in [0.05, 0.1) is 10.9 Å². The van der Waals surface area contributed by atoms with Gasteiger partial charge < -0.3 is 9.64 Å². The Balaban J connectivity index is 1.32. The molecule has 0 N–H and O–H groups in total. The van der Waals surface area contributed by atoms with Crippen LogP contribution in [0, 0.1) is 10.8 Å². The fourth-order valence-electron chi connectivity index (χ4n) is 6.13. The van der Waals surface area contributed by atoms with Crippen LogP contribution in [0.25, 0.3) is 10.9 Å². The highest BCUT2D eigenvalue weighted by Crippen LogP contribution is 2.52. The standard InChI is InChI=1S/C23H29N3O3/c1-22(2)10-15-11-23(3,13-22)14-26(15)20(27)12-29-16-6-7-18-17(9-16)21(28)25-8-4-5-19(25)24-18/h6-7,9,15H,4-5,8,10-14H2,1-3H3/t15-,23-/m1/s1. The van der Waals surface area contributed by atoms with E-state index < -0.39 is 0 Å². The van der Waals surface area contributed by atoms with Gasteiger partial charge in [0.25, 0.3) is 11.5 Å². The quantitative estimate of drug-likeness (QED) is 0.801. The Morgan fingerprint density at radius 2 is 2.10 bits per heavy atom. The minimum atomic E-state index is -0.0113. The molecule has 1 amide bonds. The van der Waals surface area contributed by atoms with Gasteiger partial charge in [0.15, 0.2) is 6.61 Å². The van der Waals surface area contributed by atoms with E-state index in [4.69, 9.17) is 4.74 Å². The van der Waals surface area contributed by atoms with E-state index in [1.807, 2.05) is 11.0 Å². The van der Waals surface area contributed by atoms with Crippen LogP contribution in [0.4, 0.5) is 0 Å². The summed E-state index contributed by atoms with van der Waals surface area (Å²) < 4.78 is 7.58. The molecular weight excluding hydrogens is 366 g/mol. The third-order valence-corrected chi connectivity index (χ3v) is 6.88. The van der Waals surface area contributed by atoms with Crippen LogP contribution >= 0.6 is 0 Å². The summed E-state index contributed by atoms with van der Waals surface area (Å²) in [6.45, 7) is 8.47. The van der Waals surface area contributed by atoms with Gasteiger partial charge in [0.1, 0.15) is 11.6 Å². The fourth-order valence-corrected chi connectivity index (χ4v) is 6.13. The summed E-state index contributed by atoms with van der Waals surface area (Å²) in [6.07, 6.45) is 5.12. The molecule has 1 saturated heterocycles. The molecule has 1 aromatic heterocycles. The molecule has 2 aromatic rings. The van der Waals surface area contributed by atoms with E-state index in [1.54, 1.807) is 16.7 Å². The molecule has 154 valence electrons. The Morgan fingerprint density at radius 1 is 1.28 bits per heavy atom. The average Bonchev–Trinajstić information content (AvgIpc) is 3.21. The number of carbonyl (C=O) groups is 1. The van der Waals surface area contributed by atoms with E-state index in [0.29, 0.717) is 22.7 Å². The highest BCUT2D eigenvalue weighted by molar-refractivity contribution is 5.81. The molecule has 29 heavy (non-hydrogen) atoms. The van der Waals surface area contributed by atoms with Gasteiger partial charge >= 0.3 is 0 Å². The zero-order chi connectivity index (χ0) is 20.4. The number of hydrogen-bond donors (Lipinski definition) is 0. The number of carbonyl (C=O) groups excluding carboxylic acids is 1. The number of nitrogens with zero attached hydrogens (tertiary/aromatic N) is 3. The molecule has 2 fully saturated rings. The molecule has 1 aliphatic carbocycles. The summed E-state index contributed by atoms with van der Waals surface area (Å²) in [5, 5.41) is 0.562. The van der Waals surface area contributed by atoms with Crippen molar-refractivity contribution in [1.82, 2.24) is 14.5 Å². The van der Waals surface area contributed by atoms with Crippen LogP contribution in [0.3, 0.4) is 0 Å². The van der Waals surface area contributed by atoms with Gasteiger partial charge in [0.2, 0.25) is 0 Å². The first-order chi connectivity index (χ1) is 13.7. The molecule has 2 bridgehead atoms. The van der Waals surface area contributed by atoms with E-state index >= 15 is 0 Å². The second-order valence-corrected chi connectivity index (χ2v) is 10.3. The lowest BCUT2D eigenvalue weighted by atomic mass is 9.65. The Labute approximate surface area is 170 Å². The third-order valence-electron chi connectivity index (χ3n) is 6.88. The Kier molecular flexibility index (Phi) is 4.06. The zero-order valence-corrected chi connectivity index (χ0v) is 17.5. The van der Waals surface area contributed by atoms with Crippen LogP contribution in [0.2, 0.25) is 0 Å². The van der Waals surface area contributed by atoms with Gasteiger partial charge in [-0.05, 0) is 54.7 Å². The Morgan fingerprint density at radius 3 is 2.93 bits per heavy atom. The topological polar surface area (TPSA) is 64.4 Å². The summed E-state index contributed by atoms with van der Waals surface area (Å²) in [7, 11) is 0. The Hall–Kier alpha value is -2.37. The van der Waals surface area contributed by atoms with Crippen molar-refractivity contribution < 1.29 is 9.53 Å². The minimum absolute atomic E-state index is 0.0113. The van der Waals surface area contributed by atoms with Crippen LogP contribution in [-0.2, 0) is 17.8 Å². The van der Waals surface area contributed by atoms with E-state index in [9.17, 15) is 9.59 Å². The van der Waals surface area contributed by atoms with Gasteiger partial charge in [-0.25, -0.2) is 4.98 Å². The first-order valence-corrected chi connectivity index (χ1v) is 10.7. The van der Waals surface area contributed by atoms with E-state index in [1.165, 1.54) is 0 Å². The first kappa shape index (κ1) is 18.6. The molecular formula is C23H29N3O3. The fraction of sp³-hybridized carbons (Fsp3) is 0.609. The van der Waals surface area contributed by atoms with Crippen LogP contribution in [0.15, 0.2) is 23.0 Å². The summed E-state index contributed by atoms with van der Waals surface area (Å²) in [5.74, 6) is 1.46. The van der Waals surface area contributed by atoms with Crippen molar-refractivity contribution in [2.75, 3.05) is 13.2 Å². The molecule has 6 nitrogen and oxygen atoms in total. The lowest BCUT2D eigenvalue weighted by Crippen LogP contribution is -2.40. The monoisotopic (exact) mass is 395 g/mol. The first-order valence-electron chi connectivity index (χ1n) is 10.7. The number of benzene rings is 1. The van der Waals surface area contributed by atoms with Crippen LogP contribution < -0.4 is 10.3 Å². The van der Waals surface area contributed by atoms with Crippen molar-refractivity contribution in [2.24, 2.45) is 10.8 Å². The molecule has 2 atom stereocenters. The molecule has 3 aliphatic rings. The predicted molar refractivity (Wildman–Crippen MR) is 111 cm³/mol. The number of likely N-dealkylation sites (tertiary alicyclic amines) is 1. The number of rotatable bonds is 3. The minimum Gasteiger partial charge on any atom is -0.484 e. The maximum absolute atomic E-state index is 12.9. The van der Waals surface area contributed by atoms with Crippen molar-refractivity contribution in [1.29, 1.82) is 0 Å². The van der Waals surface area contributed by atoms with Gasteiger partial charge in [0, 0.05) is 25.6 Å². The average molecular weight is 396 g/mol. The van der Waals surface area contributed by atoms with Crippen LogP contribution in [-0.4, -0.2) is 39.6 Å². The molecule has 0 unspecified atom stereocenters. The number of fused-ring (bicyclic) bond motifs is 4. The molecule has 6 heteroatoms. The van der Waals surface area contributed by atoms with Crippen LogP contribution in [0.5, 0.6) is 5.75 Å². The molecule has 0 spiro atoms. The predicted octanol–water partition coefficient (Wildman–Crippen LogP) is 3.15. The van der Waals surface area contributed by atoms with Gasteiger partial charge in [-0.2, -0.15) is 0 Å². The second kappa shape index (κ2) is 6.31. The highest BCUT2D eigenvalue weighted by atomic mass is 16.5. The van der Waals surface area contributed by atoms with Crippen molar-refractivity contribution >= 4 is 16.8 Å². The summed E-state index contributed by atoms with van der Waals surface area (Å²) in [6, 6.07) is 5.67. The SMILES string of the molecule is CC1(C)C[C@@H]2C[C@@](C)(CN2C(=O)COc2ccc3nc4n(c(=O)c3c2)CCC4)C1. The summed E-state index contributed by atoms with van der Waals surface area (Å²) >= 11 is 0. The number of aromatic nitrogens is 2. The molecule has 0 radical (unpaired) electrons. The van der Waals surface area contributed by atoms with Crippen molar-refractivity contribution in [3.63, 3.8) is 0 Å². The largest absolute Gasteiger partial charge is 0.484 e. The van der Waals surface area contributed by atoms with E-state index in [0.717, 1.165) is 51.0 Å². The van der Waals surface area contributed by atoms with E-state index in [2.05, 4.69) is 25.8 Å². The summed E-state index contributed by atoms with van der Waals surface area (Å²) in [4.78, 5) is 32.3. The number of ether oxygens (including phenoxy) is 1. The second-order valence-electron chi connectivity index (χ2n) is 10.3. The van der Waals surface area contributed by atoms with Crippen molar-refractivity contribution in [3.8, 4) is 5.75 Å². The van der Waals surface area contributed by atoms with Crippen molar-refractivity contribution in [2.45, 2.75) is 65.5 Å². The molecule has 5 rings (SSSR count). The molecule has 1 aromatic carbocycles. The van der Waals surface area contributed by atoms with Gasteiger partial charge in [-0.1, -0.05) is 20.8 Å². The smallest absolute Gasteiger partial charge is 0.261 e. The van der Waals surface area contributed by atoms with E-state index in [-0.39, 0.29) is 28.9 Å². The lowest BCUT2D eigenvalue weighted by Gasteiger charge is -2.39. The van der Waals surface area contributed by atoms with Gasteiger partial charge in [-0.15, -0.1) is 0 Å². The number of amides is 1. The van der Waals surface area contributed by atoms with Gasteiger partial charge in [-0.3, -0.25) is 14.2 Å². The van der Waals surface area contributed by atoms with Crippen LogP contribution in [0.1, 0.15) is 52.3 Å². The third kappa shape index (κ3) is 3.22. The van der Waals surface area contributed by atoms with Crippen molar-refractivity contribution in [3.05, 3.63) is 34.4 Å². The highest BCUT2D eigenvalue weighted by Gasteiger charge is 2.50. The normalized spacial score (nSPS) is 27.3. The lowest BCUT2D eigenvalue weighted by molar-refractivity contribution is -0.134.